The summed E-state index contributed by atoms with van der Waals surface area (Å²) in [6.07, 6.45) is -16.6. The predicted octanol–water partition coefficient (Wildman–Crippen LogP) is -3.21. The third kappa shape index (κ3) is 4.83. The molecule has 0 unspecified atom stereocenters. The summed E-state index contributed by atoms with van der Waals surface area (Å²) in [7, 11) is 0. The average Bonchev–Trinajstić information content (AvgIpc) is 2.96. The normalized spacial score (nSPS) is 36.2. The Morgan fingerprint density at radius 1 is 0.786 bits per heavy atom. The van der Waals surface area contributed by atoms with E-state index in [0.717, 1.165) is 12.1 Å². The summed E-state index contributed by atoms with van der Waals surface area (Å²) >= 11 is 0. The number of aliphatic hydroxyl groups is 8. The Labute approximate surface area is 237 Å². The molecule has 0 radical (unpaired) electrons. The number of aromatic hydroxyl groups is 1. The van der Waals surface area contributed by atoms with Gasteiger partial charge in [-0.25, -0.2) is 4.79 Å². The lowest BCUT2D eigenvalue weighted by Crippen LogP contribution is -2.60. The molecule has 42 heavy (non-hydrogen) atoms. The Bertz CT molecular complexity index is 1360. The molecule has 0 saturated carbocycles. The molecule has 2 fully saturated rings. The van der Waals surface area contributed by atoms with Crippen LogP contribution in [0, 0.1) is 0 Å². The van der Waals surface area contributed by atoms with Crippen LogP contribution < -0.4 is 4.74 Å². The van der Waals surface area contributed by atoms with E-state index in [1.165, 1.54) is 18.2 Å². The van der Waals surface area contributed by atoms with Crippen molar-refractivity contribution < 1.29 is 74.9 Å². The third-order valence-corrected chi connectivity index (χ3v) is 7.93. The van der Waals surface area contributed by atoms with Crippen molar-refractivity contribution in [1.82, 2.24) is 0 Å². The fourth-order valence-corrected chi connectivity index (χ4v) is 5.76. The Morgan fingerprint density at radius 2 is 1.40 bits per heavy atom. The minimum absolute atomic E-state index is 0.0564. The number of carbonyl (C=O) groups excluding carboxylic acids is 1. The highest BCUT2D eigenvalue weighted by molar-refractivity contribution is 6.16. The molecule has 2 heterocycles. The summed E-state index contributed by atoms with van der Waals surface area (Å²) in [6, 6.07) is 6.03. The van der Waals surface area contributed by atoms with Crippen molar-refractivity contribution in [1.29, 1.82) is 0 Å². The van der Waals surface area contributed by atoms with Gasteiger partial charge in [0.1, 0.15) is 60.3 Å². The molecule has 1 aliphatic carbocycles. The van der Waals surface area contributed by atoms with Crippen LogP contribution in [-0.2, 0) is 9.47 Å². The van der Waals surface area contributed by atoms with Gasteiger partial charge in [-0.2, -0.15) is 0 Å². The molecule has 0 spiro atoms. The quantitative estimate of drug-likeness (QED) is 0.158. The molecule has 2 aromatic carbocycles. The molecular weight excluding hydrogens is 564 g/mol. The van der Waals surface area contributed by atoms with Crippen molar-refractivity contribution in [3.05, 3.63) is 58.1 Å². The Balaban J connectivity index is 1.66. The standard InChI is InChI=1S/C27H30O15/c28-6-13-18(31)21(34)23(36)25(40-13)15-9-2-1-3-12(41-27-24(37)22(35)19(32)14(7-29)42-27)17(9)20(33)16-10(15)4-8(26(38)39)5-11(16)30/h1-5,13-15,18-19,21-25,27-32,34-37H,6-7H2,(H,38,39)/t13-,14-,15-,18-,19-,21+,22+,23-,24-,25+,27+/m1/s1. The van der Waals surface area contributed by atoms with Crippen molar-refractivity contribution in [2.24, 2.45) is 0 Å². The van der Waals surface area contributed by atoms with Crippen LogP contribution in [0.3, 0.4) is 0 Å². The van der Waals surface area contributed by atoms with E-state index in [1.807, 2.05) is 0 Å². The molecule has 2 saturated heterocycles. The van der Waals surface area contributed by atoms with Gasteiger partial charge in [0.25, 0.3) is 0 Å². The van der Waals surface area contributed by atoms with Gasteiger partial charge >= 0.3 is 5.97 Å². The number of carbonyl (C=O) groups is 2. The van der Waals surface area contributed by atoms with Crippen molar-refractivity contribution in [3.8, 4) is 11.5 Å². The third-order valence-electron chi connectivity index (χ3n) is 7.93. The number of benzene rings is 2. The maximum Gasteiger partial charge on any atom is 0.335 e. The molecule has 0 aromatic heterocycles. The van der Waals surface area contributed by atoms with Gasteiger partial charge in [0.15, 0.2) is 0 Å². The summed E-state index contributed by atoms with van der Waals surface area (Å²) in [5.41, 5.74) is -1.09. The van der Waals surface area contributed by atoms with Crippen molar-refractivity contribution in [2.75, 3.05) is 13.2 Å². The van der Waals surface area contributed by atoms with Crippen LogP contribution in [0.25, 0.3) is 0 Å². The van der Waals surface area contributed by atoms with E-state index < -0.39 is 103 Å². The van der Waals surface area contributed by atoms with Gasteiger partial charge in [0.05, 0.1) is 36.0 Å². The van der Waals surface area contributed by atoms with E-state index in [-0.39, 0.29) is 28.0 Å². The van der Waals surface area contributed by atoms with Crippen LogP contribution in [0.4, 0.5) is 0 Å². The zero-order chi connectivity index (χ0) is 30.6. The number of ketones is 1. The molecule has 15 nitrogen and oxygen atoms in total. The first-order chi connectivity index (χ1) is 19.9. The molecule has 5 rings (SSSR count). The van der Waals surface area contributed by atoms with Gasteiger partial charge in [-0.05, 0) is 29.3 Å². The number of fused-ring (bicyclic) bond motifs is 2. The number of phenols is 1. The average molecular weight is 595 g/mol. The molecule has 15 heteroatoms. The van der Waals surface area contributed by atoms with E-state index in [2.05, 4.69) is 0 Å². The van der Waals surface area contributed by atoms with Crippen LogP contribution in [0.5, 0.6) is 11.5 Å². The van der Waals surface area contributed by atoms with E-state index >= 15 is 0 Å². The maximum absolute atomic E-state index is 13.9. The van der Waals surface area contributed by atoms with Gasteiger partial charge in [0.2, 0.25) is 12.1 Å². The smallest absolute Gasteiger partial charge is 0.335 e. The van der Waals surface area contributed by atoms with Crippen LogP contribution in [-0.4, -0.2) is 137 Å². The number of phenolic OH excluding ortho intramolecular Hbond substituents is 1. The number of ether oxygens (including phenoxy) is 3. The highest BCUT2D eigenvalue weighted by Gasteiger charge is 2.51. The minimum atomic E-state index is -1.84. The summed E-state index contributed by atoms with van der Waals surface area (Å²) in [4.78, 5) is 25.7. The topological polar surface area (TPSA) is 264 Å². The molecular formula is C27H30O15. The summed E-state index contributed by atoms with van der Waals surface area (Å²) in [5, 5.41) is 102. The van der Waals surface area contributed by atoms with E-state index in [9.17, 15) is 60.7 Å². The lowest BCUT2D eigenvalue weighted by Gasteiger charge is -2.45. The Morgan fingerprint density at radius 3 is 2.02 bits per heavy atom. The second-order valence-electron chi connectivity index (χ2n) is 10.4. The first-order valence-corrected chi connectivity index (χ1v) is 13.0. The number of hydrogen-bond donors (Lipinski definition) is 10. The summed E-state index contributed by atoms with van der Waals surface area (Å²) in [6.45, 7) is -1.52. The van der Waals surface area contributed by atoms with E-state index in [4.69, 9.17) is 14.2 Å². The molecule has 10 N–H and O–H groups in total. The van der Waals surface area contributed by atoms with Gasteiger partial charge in [-0.3, -0.25) is 4.79 Å². The van der Waals surface area contributed by atoms with Gasteiger partial charge in [0, 0.05) is 5.92 Å². The van der Waals surface area contributed by atoms with Crippen LogP contribution in [0.15, 0.2) is 30.3 Å². The largest absolute Gasteiger partial charge is 0.507 e. The second kappa shape index (κ2) is 11.5. The fraction of sp³-hybridized carbons (Fsp3) is 0.481. The SMILES string of the molecule is O=C(O)c1cc(O)c2c(c1)[C@H]([C@@H]1O[C@H](CO)[C@@H](O)[C@H](O)[C@H]1O)c1cccc(O[C@H]3O[C@H](CO)[C@@H](O)[C@H](O)[C@H]3O)c1C2=O. The highest BCUT2D eigenvalue weighted by atomic mass is 16.7. The van der Waals surface area contributed by atoms with E-state index in [0.29, 0.717) is 0 Å². The molecule has 2 aromatic rings. The zero-order valence-electron chi connectivity index (χ0n) is 21.7. The lowest BCUT2D eigenvalue weighted by molar-refractivity contribution is -0.277. The number of aromatic carboxylic acids is 1. The number of carboxylic acids is 1. The first-order valence-electron chi connectivity index (χ1n) is 13.0. The minimum Gasteiger partial charge on any atom is -0.507 e. The maximum atomic E-state index is 13.9. The molecule has 2 aliphatic heterocycles. The molecule has 228 valence electrons. The van der Waals surface area contributed by atoms with Crippen molar-refractivity contribution >= 4 is 11.8 Å². The monoisotopic (exact) mass is 594 g/mol. The van der Waals surface area contributed by atoms with Crippen LogP contribution in [0.1, 0.15) is 43.3 Å². The number of rotatable bonds is 6. The van der Waals surface area contributed by atoms with Gasteiger partial charge in [-0.15, -0.1) is 0 Å². The number of hydrogen-bond acceptors (Lipinski definition) is 14. The van der Waals surface area contributed by atoms with Crippen LogP contribution >= 0.6 is 0 Å². The molecule has 0 bridgehead atoms. The lowest BCUT2D eigenvalue weighted by atomic mass is 9.71. The predicted molar refractivity (Wildman–Crippen MR) is 135 cm³/mol. The number of aliphatic hydroxyl groups excluding tert-OH is 8. The number of carboxylic acid groups (broad SMARTS) is 1. The highest BCUT2D eigenvalue weighted by Crippen LogP contribution is 2.48. The van der Waals surface area contributed by atoms with Crippen molar-refractivity contribution in [2.45, 2.75) is 67.1 Å². The summed E-state index contributed by atoms with van der Waals surface area (Å²) < 4.78 is 16.9. The van der Waals surface area contributed by atoms with Gasteiger partial charge in [-0.1, -0.05) is 12.1 Å². The first kappa shape index (κ1) is 30.2. The summed E-state index contributed by atoms with van der Waals surface area (Å²) in [5.74, 6) is -4.60. The van der Waals surface area contributed by atoms with Crippen molar-refractivity contribution in [3.63, 3.8) is 0 Å². The Hall–Kier alpha value is -3.22. The van der Waals surface area contributed by atoms with Gasteiger partial charge < -0.3 is 65.3 Å². The molecule has 11 atom stereocenters. The second-order valence-corrected chi connectivity index (χ2v) is 10.4. The molecule has 0 amide bonds. The Kier molecular flexibility index (Phi) is 8.25. The van der Waals surface area contributed by atoms with E-state index in [1.54, 1.807) is 0 Å². The van der Waals surface area contributed by atoms with Crippen LogP contribution in [0.2, 0.25) is 0 Å². The molecule has 3 aliphatic rings. The fourth-order valence-electron chi connectivity index (χ4n) is 5.76. The zero-order valence-corrected chi connectivity index (χ0v) is 21.7.